The van der Waals surface area contributed by atoms with Gasteiger partial charge in [0.15, 0.2) is 0 Å². The van der Waals surface area contributed by atoms with Crippen LogP contribution in [0, 0.1) is 5.92 Å². The summed E-state index contributed by atoms with van der Waals surface area (Å²) in [7, 11) is 0. The first-order valence-corrected chi connectivity index (χ1v) is 8.56. The van der Waals surface area contributed by atoms with Gasteiger partial charge in [-0.1, -0.05) is 12.2 Å². The standard InChI is InChI=1S/C17H31N3O2/c1-13(2)11-19-9-6-16(7-10-19)18-17(22)20-8-4-5-15(12-20)14(3)21/h14-16,21H,1,4-12H2,2-3H3,(H,18,22). The van der Waals surface area contributed by atoms with E-state index in [0.717, 1.165) is 51.9 Å². The van der Waals surface area contributed by atoms with Gasteiger partial charge in [0.1, 0.15) is 0 Å². The fraction of sp³-hybridized carbons (Fsp3) is 0.824. The predicted octanol–water partition coefficient (Wildman–Crippen LogP) is 1.83. The zero-order valence-electron chi connectivity index (χ0n) is 14.1. The highest BCUT2D eigenvalue weighted by Crippen LogP contribution is 2.20. The molecule has 2 fully saturated rings. The summed E-state index contributed by atoms with van der Waals surface area (Å²) in [5.41, 5.74) is 1.19. The molecular formula is C17H31N3O2. The molecule has 2 atom stereocenters. The number of likely N-dealkylation sites (tertiary alicyclic amines) is 2. The number of amides is 2. The number of urea groups is 1. The first kappa shape index (κ1) is 17.3. The van der Waals surface area contributed by atoms with Crippen LogP contribution >= 0.6 is 0 Å². The number of nitrogens with one attached hydrogen (secondary N) is 1. The van der Waals surface area contributed by atoms with Crippen molar-refractivity contribution in [3.05, 3.63) is 12.2 Å². The molecule has 2 heterocycles. The van der Waals surface area contributed by atoms with Crippen LogP contribution in [0.1, 0.15) is 39.5 Å². The molecule has 2 aliphatic rings. The Morgan fingerprint density at radius 1 is 1.32 bits per heavy atom. The average molecular weight is 309 g/mol. The minimum Gasteiger partial charge on any atom is -0.393 e. The molecule has 2 amide bonds. The molecule has 2 saturated heterocycles. The second kappa shape index (κ2) is 7.97. The van der Waals surface area contributed by atoms with E-state index in [0.29, 0.717) is 6.54 Å². The highest BCUT2D eigenvalue weighted by molar-refractivity contribution is 5.74. The van der Waals surface area contributed by atoms with E-state index < -0.39 is 0 Å². The summed E-state index contributed by atoms with van der Waals surface area (Å²) >= 11 is 0. The molecule has 2 unspecified atom stereocenters. The smallest absolute Gasteiger partial charge is 0.317 e. The van der Waals surface area contributed by atoms with Gasteiger partial charge in [-0.25, -0.2) is 4.79 Å². The predicted molar refractivity (Wildman–Crippen MR) is 88.8 cm³/mol. The van der Waals surface area contributed by atoms with Crippen molar-refractivity contribution in [3.63, 3.8) is 0 Å². The van der Waals surface area contributed by atoms with E-state index in [9.17, 15) is 9.90 Å². The van der Waals surface area contributed by atoms with Crippen molar-refractivity contribution in [1.29, 1.82) is 0 Å². The van der Waals surface area contributed by atoms with Gasteiger partial charge in [-0.05, 0) is 39.5 Å². The maximum Gasteiger partial charge on any atom is 0.317 e. The summed E-state index contributed by atoms with van der Waals surface area (Å²) in [5.74, 6) is 0.219. The van der Waals surface area contributed by atoms with Crippen LogP contribution in [0.25, 0.3) is 0 Å². The molecule has 126 valence electrons. The van der Waals surface area contributed by atoms with Crippen molar-refractivity contribution >= 4 is 6.03 Å². The van der Waals surface area contributed by atoms with E-state index in [1.165, 1.54) is 5.57 Å². The van der Waals surface area contributed by atoms with Crippen LogP contribution in [0.2, 0.25) is 0 Å². The Bertz CT molecular complexity index is 389. The lowest BCUT2D eigenvalue weighted by Gasteiger charge is -2.37. The molecule has 0 aromatic heterocycles. The van der Waals surface area contributed by atoms with Gasteiger partial charge in [-0.15, -0.1) is 0 Å². The lowest BCUT2D eigenvalue weighted by atomic mass is 9.93. The Balaban J connectivity index is 1.74. The van der Waals surface area contributed by atoms with E-state index in [1.54, 1.807) is 0 Å². The Kier molecular flexibility index (Phi) is 6.26. The highest BCUT2D eigenvalue weighted by Gasteiger charge is 2.28. The lowest BCUT2D eigenvalue weighted by Crippen LogP contribution is -2.52. The first-order valence-electron chi connectivity index (χ1n) is 8.56. The third kappa shape index (κ3) is 4.99. The third-order valence-corrected chi connectivity index (χ3v) is 4.84. The Labute approximate surface area is 134 Å². The molecule has 0 aliphatic carbocycles. The van der Waals surface area contributed by atoms with Crippen LogP contribution in [0.4, 0.5) is 4.79 Å². The zero-order valence-corrected chi connectivity index (χ0v) is 14.1. The maximum atomic E-state index is 12.4. The van der Waals surface area contributed by atoms with Gasteiger partial charge in [-0.3, -0.25) is 4.90 Å². The quantitative estimate of drug-likeness (QED) is 0.779. The SMILES string of the molecule is C=C(C)CN1CCC(NC(=O)N2CCCC(C(C)O)C2)CC1. The van der Waals surface area contributed by atoms with Gasteiger partial charge in [0.05, 0.1) is 6.10 Å². The summed E-state index contributed by atoms with van der Waals surface area (Å²) in [4.78, 5) is 16.7. The van der Waals surface area contributed by atoms with Crippen molar-refractivity contribution in [3.8, 4) is 0 Å². The normalized spacial score (nSPS) is 25.8. The third-order valence-electron chi connectivity index (χ3n) is 4.84. The van der Waals surface area contributed by atoms with E-state index >= 15 is 0 Å². The number of hydrogen-bond acceptors (Lipinski definition) is 3. The van der Waals surface area contributed by atoms with Crippen LogP contribution < -0.4 is 5.32 Å². The van der Waals surface area contributed by atoms with E-state index in [4.69, 9.17) is 0 Å². The lowest BCUT2D eigenvalue weighted by molar-refractivity contribution is 0.0725. The number of hydrogen-bond donors (Lipinski definition) is 2. The number of rotatable bonds is 4. The van der Waals surface area contributed by atoms with Gasteiger partial charge < -0.3 is 15.3 Å². The van der Waals surface area contributed by atoms with Gasteiger partial charge in [0.2, 0.25) is 0 Å². The number of piperidine rings is 2. The number of carbonyl (C=O) groups excluding carboxylic acids is 1. The van der Waals surface area contributed by atoms with Gasteiger partial charge >= 0.3 is 6.03 Å². The Hall–Kier alpha value is -1.07. The first-order chi connectivity index (χ1) is 10.5. The molecule has 0 aromatic rings. The molecular weight excluding hydrogens is 278 g/mol. The molecule has 0 spiro atoms. The Morgan fingerprint density at radius 3 is 2.59 bits per heavy atom. The number of carbonyl (C=O) groups is 1. The second-order valence-electron chi connectivity index (χ2n) is 7.05. The molecule has 2 N–H and O–H groups in total. The second-order valence-corrected chi connectivity index (χ2v) is 7.05. The molecule has 5 nitrogen and oxygen atoms in total. The van der Waals surface area contributed by atoms with Crippen molar-refractivity contribution in [2.45, 2.75) is 51.7 Å². The fourth-order valence-corrected chi connectivity index (χ4v) is 3.47. The monoisotopic (exact) mass is 309 g/mol. The molecule has 0 saturated carbocycles. The summed E-state index contributed by atoms with van der Waals surface area (Å²) in [6.45, 7) is 12.3. The Morgan fingerprint density at radius 2 is 2.00 bits per heavy atom. The number of nitrogens with zero attached hydrogens (tertiary/aromatic N) is 2. The summed E-state index contributed by atoms with van der Waals surface area (Å²) in [5, 5.41) is 12.9. The molecule has 5 heteroatoms. The molecule has 0 radical (unpaired) electrons. The minimum atomic E-state index is -0.332. The molecule has 22 heavy (non-hydrogen) atoms. The topological polar surface area (TPSA) is 55.8 Å². The van der Waals surface area contributed by atoms with E-state index in [2.05, 4.69) is 23.7 Å². The van der Waals surface area contributed by atoms with Crippen LogP contribution in [0.5, 0.6) is 0 Å². The van der Waals surface area contributed by atoms with Gasteiger partial charge in [0.25, 0.3) is 0 Å². The summed E-state index contributed by atoms with van der Waals surface area (Å²) in [6.07, 6.45) is 3.68. The van der Waals surface area contributed by atoms with Crippen LogP contribution in [0.15, 0.2) is 12.2 Å². The maximum absolute atomic E-state index is 12.4. The van der Waals surface area contributed by atoms with Crippen LogP contribution in [-0.2, 0) is 0 Å². The largest absolute Gasteiger partial charge is 0.393 e. The fourth-order valence-electron chi connectivity index (χ4n) is 3.47. The van der Waals surface area contributed by atoms with Crippen molar-refractivity contribution in [2.75, 3.05) is 32.7 Å². The average Bonchev–Trinajstić information content (AvgIpc) is 2.49. The van der Waals surface area contributed by atoms with Crippen molar-refractivity contribution < 1.29 is 9.90 Å². The molecule has 2 rings (SSSR count). The molecule has 0 bridgehead atoms. The van der Waals surface area contributed by atoms with Crippen LogP contribution in [-0.4, -0.2) is 65.8 Å². The van der Waals surface area contributed by atoms with Crippen LogP contribution in [0.3, 0.4) is 0 Å². The number of aliphatic hydroxyl groups is 1. The van der Waals surface area contributed by atoms with Gasteiger partial charge in [-0.2, -0.15) is 0 Å². The number of aliphatic hydroxyl groups excluding tert-OH is 1. The minimum absolute atomic E-state index is 0.0451. The molecule has 0 aromatic carbocycles. The zero-order chi connectivity index (χ0) is 16.1. The van der Waals surface area contributed by atoms with Crippen molar-refractivity contribution in [1.82, 2.24) is 15.1 Å². The van der Waals surface area contributed by atoms with E-state index in [1.807, 2.05) is 11.8 Å². The van der Waals surface area contributed by atoms with E-state index in [-0.39, 0.29) is 24.1 Å². The summed E-state index contributed by atoms with van der Waals surface area (Å²) in [6, 6.07) is 0.324. The van der Waals surface area contributed by atoms with Gasteiger partial charge in [0, 0.05) is 44.7 Å². The molecule has 2 aliphatic heterocycles. The summed E-state index contributed by atoms with van der Waals surface area (Å²) < 4.78 is 0. The highest BCUT2D eigenvalue weighted by atomic mass is 16.3. The van der Waals surface area contributed by atoms with Crippen molar-refractivity contribution in [2.24, 2.45) is 5.92 Å².